The molecular weight excluding hydrogens is 461 g/mol. The molecule has 0 radical (unpaired) electrons. The number of benzene rings is 3. The highest BCUT2D eigenvalue weighted by Gasteiger charge is 2.24. The van der Waals surface area contributed by atoms with Gasteiger partial charge in [0.05, 0.1) is 6.04 Å². The minimum Gasteiger partial charge on any atom is -0.446 e. The maximum atomic E-state index is 13.3. The summed E-state index contributed by atoms with van der Waals surface area (Å²) in [5.41, 5.74) is 13.0. The number of carbonyl (C=O) groups is 2. The van der Waals surface area contributed by atoms with Crippen molar-refractivity contribution < 1.29 is 18.4 Å². The summed E-state index contributed by atoms with van der Waals surface area (Å²) in [6.07, 6.45) is 2.49. The average Bonchev–Trinajstić information content (AvgIpc) is 3.38. The van der Waals surface area contributed by atoms with E-state index in [0.29, 0.717) is 24.9 Å². The van der Waals surface area contributed by atoms with Crippen LogP contribution in [0.2, 0.25) is 0 Å². The molecule has 36 heavy (non-hydrogen) atoms. The van der Waals surface area contributed by atoms with Gasteiger partial charge < -0.3 is 26.5 Å². The lowest BCUT2D eigenvalue weighted by Crippen LogP contribution is -2.43. The number of nitrogens with zero attached hydrogens (tertiary/aromatic N) is 1. The van der Waals surface area contributed by atoms with Crippen LogP contribution in [0.5, 0.6) is 0 Å². The van der Waals surface area contributed by atoms with Crippen molar-refractivity contribution in [2.45, 2.75) is 31.3 Å². The van der Waals surface area contributed by atoms with Crippen molar-refractivity contribution in [2.24, 2.45) is 11.5 Å². The molecule has 4 rings (SSSR count). The molecular formula is C27H28FN5O3. The Bertz CT molecular complexity index is 1340. The third-order valence-electron chi connectivity index (χ3n) is 5.83. The van der Waals surface area contributed by atoms with Gasteiger partial charge in [0.1, 0.15) is 18.1 Å². The number of halogens is 1. The van der Waals surface area contributed by atoms with Crippen molar-refractivity contribution in [3.8, 4) is 0 Å². The van der Waals surface area contributed by atoms with Crippen molar-refractivity contribution in [3.63, 3.8) is 0 Å². The summed E-state index contributed by atoms with van der Waals surface area (Å²) < 4.78 is 18.8. The molecule has 4 aromatic rings. The number of oxazole rings is 1. The molecule has 0 saturated carbocycles. The van der Waals surface area contributed by atoms with Gasteiger partial charge in [0.25, 0.3) is 5.91 Å². The molecule has 6 N–H and O–H groups in total. The first-order chi connectivity index (χ1) is 17.4. The minimum absolute atomic E-state index is 0.0745. The van der Waals surface area contributed by atoms with E-state index in [0.717, 1.165) is 16.3 Å². The Balaban J connectivity index is 1.49. The summed E-state index contributed by atoms with van der Waals surface area (Å²) in [6, 6.07) is 18.1. The Hall–Kier alpha value is -4.08. The van der Waals surface area contributed by atoms with Crippen LogP contribution in [0.1, 0.15) is 40.8 Å². The van der Waals surface area contributed by atoms with E-state index in [4.69, 9.17) is 15.9 Å². The molecule has 0 unspecified atom stereocenters. The Morgan fingerprint density at radius 3 is 2.50 bits per heavy atom. The molecule has 0 aliphatic rings. The lowest BCUT2D eigenvalue weighted by atomic mass is 10.0. The van der Waals surface area contributed by atoms with E-state index in [1.165, 1.54) is 18.4 Å². The third-order valence-corrected chi connectivity index (χ3v) is 5.83. The SMILES string of the molecule is NCC[C@@H](N)C(=O)N[C@H](CCc1ccc(F)cc1)c1nc(C(=O)Nc2ccc3ccccc3c2)co1. The molecule has 0 fully saturated rings. The van der Waals surface area contributed by atoms with Gasteiger partial charge in [0.15, 0.2) is 5.69 Å². The smallest absolute Gasteiger partial charge is 0.277 e. The first-order valence-electron chi connectivity index (χ1n) is 11.7. The number of nitrogens with one attached hydrogen (secondary N) is 2. The van der Waals surface area contributed by atoms with E-state index in [1.54, 1.807) is 12.1 Å². The van der Waals surface area contributed by atoms with Gasteiger partial charge in [0.2, 0.25) is 11.8 Å². The molecule has 1 aromatic heterocycles. The minimum atomic E-state index is -0.783. The quantitative estimate of drug-likeness (QED) is 0.268. The number of carbonyl (C=O) groups excluding carboxylic acids is 2. The van der Waals surface area contributed by atoms with E-state index < -0.39 is 23.9 Å². The summed E-state index contributed by atoms with van der Waals surface area (Å²) in [6.45, 7) is 0.271. The van der Waals surface area contributed by atoms with E-state index in [1.807, 2.05) is 42.5 Å². The van der Waals surface area contributed by atoms with E-state index >= 15 is 0 Å². The van der Waals surface area contributed by atoms with E-state index in [2.05, 4.69) is 15.6 Å². The Morgan fingerprint density at radius 1 is 1.00 bits per heavy atom. The normalized spacial score (nSPS) is 12.8. The Kier molecular flexibility index (Phi) is 8.04. The molecule has 2 amide bonds. The van der Waals surface area contributed by atoms with Crippen molar-refractivity contribution in [1.82, 2.24) is 10.3 Å². The van der Waals surface area contributed by atoms with Crippen LogP contribution in [0, 0.1) is 5.82 Å². The maximum absolute atomic E-state index is 13.3. The van der Waals surface area contributed by atoms with Crippen LogP contribution in [0.3, 0.4) is 0 Å². The molecule has 9 heteroatoms. The fourth-order valence-corrected chi connectivity index (χ4v) is 3.82. The van der Waals surface area contributed by atoms with E-state index in [-0.39, 0.29) is 23.9 Å². The van der Waals surface area contributed by atoms with Crippen LogP contribution in [0.4, 0.5) is 10.1 Å². The lowest BCUT2D eigenvalue weighted by Gasteiger charge is -2.18. The van der Waals surface area contributed by atoms with Crippen LogP contribution >= 0.6 is 0 Å². The average molecular weight is 490 g/mol. The summed E-state index contributed by atoms with van der Waals surface area (Å²) in [4.78, 5) is 29.7. The summed E-state index contributed by atoms with van der Waals surface area (Å²) in [7, 11) is 0. The highest BCUT2D eigenvalue weighted by Crippen LogP contribution is 2.22. The zero-order valence-corrected chi connectivity index (χ0v) is 19.6. The Morgan fingerprint density at radius 2 is 1.75 bits per heavy atom. The number of hydrogen-bond acceptors (Lipinski definition) is 6. The zero-order valence-electron chi connectivity index (χ0n) is 19.6. The second kappa shape index (κ2) is 11.6. The van der Waals surface area contributed by atoms with Crippen molar-refractivity contribution in [3.05, 3.63) is 96.0 Å². The molecule has 186 valence electrons. The van der Waals surface area contributed by atoms with Gasteiger partial charge in [-0.05, 0) is 66.4 Å². The second-order valence-corrected chi connectivity index (χ2v) is 8.50. The largest absolute Gasteiger partial charge is 0.446 e. The number of nitrogens with two attached hydrogens (primary N) is 2. The van der Waals surface area contributed by atoms with Gasteiger partial charge in [-0.2, -0.15) is 0 Å². The van der Waals surface area contributed by atoms with Crippen LogP contribution in [0.15, 0.2) is 77.4 Å². The summed E-state index contributed by atoms with van der Waals surface area (Å²) in [5, 5.41) is 7.72. The first-order valence-corrected chi connectivity index (χ1v) is 11.7. The van der Waals surface area contributed by atoms with Crippen LogP contribution in [-0.2, 0) is 11.2 Å². The molecule has 2 atom stereocenters. The number of rotatable bonds is 10. The predicted octanol–water partition coefficient (Wildman–Crippen LogP) is 3.69. The first kappa shape index (κ1) is 25.0. The molecule has 0 spiro atoms. The molecule has 8 nitrogen and oxygen atoms in total. The molecule has 0 saturated heterocycles. The zero-order chi connectivity index (χ0) is 25.5. The number of fused-ring (bicyclic) bond motifs is 1. The van der Waals surface area contributed by atoms with Crippen molar-refractivity contribution in [1.29, 1.82) is 0 Å². The molecule has 1 heterocycles. The Labute approximate surface area is 207 Å². The van der Waals surface area contributed by atoms with Gasteiger partial charge in [-0.1, -0.05) is 42.5 Å². The topological polar surface area (TPSA) is 136 Å². The van der Waals surface area contributed by atoms with Crippen LogP contribution in [-0.4, -0.2) is 29.4 Å². The second-order valence-electron chi connectivity index (χ2n) is 8.50. The summed E-state index contributed by atoms with van der Waals surface area (Å²) >= 11 is 0. The van der Waals surface area contributed by atoms with Gasteiger partial charge in [0, 0.05) is 5.69 Å². The molecule has 3 aromatic carbocycles. The van der Waals surface area contributed by atoms with Gasteiger partial charge in [-0.25, -0.2) is 9.37 Å². The molecule has 0 aliphatic heterocycles. The summed E-state index contributed by atoms with van der Waals surface area (Å²) in [5.74, 6) is -0.992. The lowest BCUT2D eigenvalue weighted by molar-refractivity contribution is -0.123. The third kappa shape index (κ3) is 6.32. The standard InChI is InChI=1S/C27H28FN5O3/c28-20-9-5-17(6-10-20)7-12-23(32-25(34)22(30)13-14-29)27-33-24(16-36-27)26(35)31-21-11-8-18-3-1-2-4-19(18)15-21/h1-6,8-11,15-16,22-23H,7,12-14,29-30H2,(H,31,35)(H,32,34)/t22-,23-/m1/s1. The van der Waals surface area contributed by atoms with Crippen molar-refractivity contribution >= 4 is 28.3 Å². The van der Waals surface area contributed by atoms with Gasteiger partial charge in [-0.3, -0.25) is 9.59 Å². The maximum Gasteiger partial charge on any atom is 0.277 e. The molecule has 0 bridgehead atoms. The predicted molar refractivity (Wildman–Crippen MR) is 136 cm³/mol. The van der Waals surface area contributed by atoms with Crippen LogP contribution in [0.25, 0.3) is 10.8 Å². The number of amides is 2. The fourth-order valence-electron chi connectivity index (χ4n) is 3.82. The number of aromatic nitrogens is 1. The number of aryl methyl sites for hydroxylation is 1. The number of anilines is 1. The van der Waals surface area contributed by atoms with E-state index in [9.17, 15) is 14.0 Å². The van der Waals surface area contributed by atoms with Gasteiger partial charge in [-0.15, -0.1) is 0 Å². The fraction of sp³-hybridized carbons (Fsp3) is 0.222. The molecule has 0 aliphatic carbocycles. The van der Waals surface area contributed by atoms with Crippen LogP contribution < -0.4 is 22.1 Å². The highest BCUT2D eigenvalue weighted by molar-refractivity contribution is 6.03. The van der Waals surface area contributed by atoms with Gasteiger partial charge >= 0.3 is 0 Å². The number of hydrogen-bond donors (Lipinski definition) is 4. The highest BCUT2D eigenvalue weighted by atomic mass is 19.1. The van der Waals surface area contributed by atoms with Crippen molar-refractivity contribution in [2.75, 3.05) is 11.9 Å². The monoisotopic (exact) mass is 489 g/mol.